The van der Waals surface area contributed by atoms with Crippen molar-refractivity contribution in [1.82, 2.24) is 9.80 Å². The molecule has 2 unspecified atom stereocenters. The fourth-order valence-electron chi connectivity index (χ4n) is 2.69. The highest BCUT2D eigenvalue weighted by Gasteiger charge is 2.29. The number of nitrogens with zero attached hydrogens (tertiary/aromatic N) is 2. The lowest BCUT2D eigenvalue weighted by molar-refractivity contribution is -0.145. The van der Waals surface area contributed by atoms with Gasteiger partial charge in [0.1, 0.15) is 11.8 Å². The average Bonchev–Trinajstić information content (AvgIpc) is 2.53. The number of hydrogen-bond acceptors (Lipinski definition) is 4. The minimum atomic E-state index is -0.832. The maximum Gasteiger partial charge on any atom is 0.320 e. The molecule has 1 aliphatic rings. The Morgan fingerprint density at radius 3 is 2.39 bits per heavy atom. The maximum absolute atomic E-state index is 12.5. The molecule has 1 aromatic carbocycles. The van der Waals surface area contributed by atoms with E-state index < -0.39 is 18.1 Å². The summed E-state index contributed by atoms with van der Waals surface area (Å²) in [4.78, 5) is 27.1. The first-order valence-electron chi connectivity index (χ1n) is 7.87. The molecule has 1 amide bonds. The van der Waals surface area contributed by atoms with Crippen molar-refractivity contribution >= 4 is 11.9 Å². The number of carboxylic acid groups (broad SMARTS) is 1. The van der Waals surface area contributed by atoms with Crippen LogP contribution in [0.4, 0.5) is 0 Å². The largest absolute Gasteiger partial charge is 0.481 e. The van der Waals surface area contributed by atoms with Gasteiger partial charge in [0.15, 0.2) is 6.10 Å². The Hall–Kier alpha value is -2.08. The summed E-state index contributed by atoms with van der Waals surface area (Å²) in [6.45, 7) is 7.57. The molecular formula is C17H24N2O4. The van der Waals surface area contributed by atoms with Crippen LogP contribution in [0, 0.1) is 6.92 Å². The first-order valence-corrected chi connectivity index (χ1v) is 7.87. The van der Waals surface area contributed by atoms with Crippen LogP contribution in [0.2, 0.25) is 0 Å². The van der Waals surface area contributed by atoms with Crippen LogP contribution >= 0.6 is 0 Å². The fourth-order valence-corrected chi connectivity index (χ4v) is 2.69. The molecule has 2 rings (SSSR count). The highest BCUT2D eigenvalue weighted by molar-refractivity contribution is 5.81. The van der Waals surface area contributed by atoms with Crippen molar-refractivity contribution in [2.75, 3.05) is 26.2 Å². The van der Waals surface area contributed by atoms with E-state index in [1.165, 1.54) is 0 Å². The van der Waals surface area contributed by atoms with Crippen molar-refractivity contribution in [2.24, 2.45) is 0 Å². The fraction of sp³-hybridized carbons (Fsp3) is 0.529. The third kappa shape index (κ3) is 4.45. The predicted octanol–water partition coefficient (Wildman–Crippen LogP) is 1.38. The molecule has 1 heterocycles. The Morgan fingerprint density at radius 2 is 1.83 bits per heavy atom. The molecule has 1 fully saturated rings. The quantitative estimate of drug-likeness (QED) is 0.887. The number of carbonyl (C=O) groups is 2. The molecule has 23 heavy (non-hydrogen) atoms. The van der Waals surface area contributed by atoms with Crippen molar-refractivity contribution in [3.05, 3.63) is 29.8 Å². The summed E-state index contributed by atoms with van der Waals surface area (Å²) in [5, 5.41) is 9.04. The molecule has 6 nitrogen and oxygen atoms in total. The molecule has 0 aliphatic carbocycles. The zero-order valence-corrected chi connectivity index (χ0v) is 13.9. The number of ether oxygens (including phenoxy) is 1. The number of hydrogen-bond donors (Lipinski definition) is 1. The average molecular weight is 320 g/mol. The molecule has 0 bridgehead atoms. The first kappa shape index (κ1) is 17.3. The van der Waals surface area contributed by atoms with E-state index in [1.807, 2.05) is 36.1 Å². The molecule has 6 heteroatoms. The number of aliphatic carboxylic acids is 1. The van der Waals surface area contributed by atoms with Crippen molar-refractivity contribution in [3.63, 3.8) is 0 Å². The number of amides is 1. The summed E-state index contributed by atoms with van der Waals surface area (Å²) in [6, 6.07) is 7.09. The molecule has 1 aliphatic heterocycles. The van der Waals surface area contributed by atoms with Gasteiger partial charge in [-0.2, -0.15) is 0 Å². The van der Waals surface area contributed by atoms with E-state index in [0.717, 1.165) is 5.56 Å². The van der Waals surface area contributed by atoms with Gasteiger partial charge < -0.3 is 14.7 Å². The van der Waals surface area contributed by atoms with E-state index in [4.69, 9.17) is 9.84 Å². The summed E-state index contributed by atoms with van der Waals surface area (Å²) in [5.41, 5.74) is 1.08. The highest BCUT2D eigenvalue weighted by Crippen LogP contribution is 2.16. The predicted molar refractivity (Wildman–Crippen MR) is 86.5 cm³/mol. The third-order valence-corrected chi connectivity index (χ3v) is 4.18. The molecule has 2 atom stereocenters. The van der Waals surface area contributed by atoms with Crippen molar-refractivity contribution in [3.8, 4) is 5.75 Å². The second-order valence-corrected chi connectivity index (χ2v) is 5.95. The van der Waals surface area contributed by atoms with E-state index in [1.54, 1.807) is 18.7 Å². The van der Waals surface area contributed by atoms with Gasteiger partial charge in [-0.05, 0) is 38.5 Å². The molecule has 1 aromatic rings. The van der Waals surface area contributed by atoms with Crippen LogP contribution in [0.15, 0.2) is 24.3 Å². The lowest BCUT2D eigenvalue weighted by Gasteiger charge is -2.37. The van der Waals surface area contributed by atoms with E-state index in [9.17, 15) is 9.59 Å². The molecule has 126 valence electrons. The Balaban J connectivity index is 1.88. The Morgan fingerprint density at radius 1 is 1.17 bits per heavy atom. The molecule has 0 radical (unpaired) electrons. The Kier molecular flexibility index (Phi) is 5.60. The smallest absolute Gasteiger partial charge is 0.320 e. The monoisotopic (exact) mass is 320 g/mol. The Bertz CT molecular complexity index is 567. The Labute approximate surface area is 136 Å². The van der Waals surface area contributed by atoms with Crippen LogP contribution in [-0.2, 0) is 9.59 Å². The van der Waals surface area contributed by atoms with E-state index >= 15 is 0 Å². The number of rotatable bonds is 5. The summed E-state index contributed by atoms with van der Waals surface area (Å²) in [5.74, 6) is -0.209. The molecule has 0 spiro atoms. The van der Waals surface area contributed by atoms with Gasteiger partial charge in [-0.25, -0.2) is 0 Å². The van der Waals surface area contributed by atoms with Crippen LogP contribution in [0.5, 0.6) is 5.75 Å². The van der Waals surface area contributed by atoms with Gasteiger partial charge in [0.05, 0.1) is 0 Å². The normalized spacial score (nSPS) is 18.3. The molecule has 1 saturated heterocycles. The number of benzene rings is 1. The maximum atomic E-state index is 12.5. The highest BCUT2D eigenvalue weighted by atomic mass is 16.5. The molecule has 0 saturated carbocycles. The van der Waals surface area contributed by atoms with Crippen LogP contribution in [-0.4, -0.2) is 65.1 Å². The number of carboxylic acids is 1. The van der Waals surface area contributed by atoms with Crippen molar-refractivity contribution in [2.45, 2.75) is 32.9 Å². The SMILES string of the molecule is Cc1cccc(OC(C)C(=O)N2CCN(C(C)C(=O)O)CC2)c1. The summed E-state index contributed by atoms with van der Waals surface area (Å²) >= 11 is 0. The van der Waals surface area contributed by atoms with Gasteiger partial charge in [0.25, 0.3) is 5.91 Å². The second kappa shape index (κ2) is 7.46. The number of aryl methyl sites for hydroxylation is 1. The van der Waals surface area contributed by atoms with Gasteiger partial charge in [0.2, 0.25) is 0 Å². The summed E-state index contributed by atoms with van der Waals surface area (Å²) in [7, 11) is 0. The summed E-state index contributed by atoms with van der Waals surface area (Å²) in [6.07, 6.45) is -0.555. The minimum Gasteiger partial charge on any atom is -0.481 e. The summed E-state index contributed by atoms with van der Waals surface area (Å²) < 4.78 is 5.72. The standard InChI is InChI=1S/C17H24N2O4/c1-12-5-4-6-15(11-12)23-14(3)16(20)19-9-7-18(8-10-19)13(2)17(21)22/h4-6,11,13-14H,7-10H2,1-3H3,(H,21,22). The number of piperazine rings is 1. The van der Waals surface area contributed by atoms with Gasteiger partial charge in [-0.3, -0.25) is 14.5 Å². The van der Waals surface area contributed by atoms with E-state index in [2.05, 4.69) is 0 Å². The van der Waals surface area contributed by atoms with E-state index in [-0.39, 0.29) is 5.91 Å². The van der Waals surface area contributed by atoms with Crippen molar-refractivity contribution in [1.29, 1.82) is 0 Å². The zero-order chi connectivity index (χ0) is 17.0. The lowest BCUT2D eigenvalue weighted by Crippen LogP contribution is -2.55. The lowest BCUT2D eigenvalue weighted by atomic mass is 10.2. The van der Waals surface area contributed by atoms with Crippen LogP contribution in [0.3, 0.4) is 0 Å². The third-order valence-electron chi connectivity index (χ3n) is 4.18. The van der Waals surface area contributed by atoms with Crippen molar-refractivity contribution < 1.29 is 19.4 Å². The molecule has 0 aromatic heterocycles. The van der Waals surface area contributed by atoms with Gasteiger partial charge in [-0.15, -0.1) is 0 Å². The first-order chi connectivity index (χ1) is 10.9. The zero-order valence-electron chi connectivity index (χ0n) is 13.9. The van der Waals surface area contributed by atoms with Gasteiger partial charge >= 0.3 is 5.97 Å². The minimum absolute atomic E-state index is 0.0610. The van der Waals surface area contributed by atoms with Gasteiger partial charge in [0, 0.05) is 26.2 Å². The van der Waals surface area contributed by atoms with Crippen LogP contribution < -0.4 is 4.74 Å². The molecule has 1 N–H and O–H groups in total. The van der Waals surface area contributed by atoms with E-state index in [0.29, 0.717) is 31.9 Å². The second-order valence-electron chi connectivity index (χ2n) is 5.95. The van der Waals surface area contributed by atoms with Gasteiger partial charge in [-0.1, -0.05) is 12.1 Å². The number of carbonyl (C=O) groups excluding carboxylic acids is 1. The topological polar surface area (TPSA) is 70.1 Å². The molecular weight excluding hydrogens is 296 g/mol. The van der Waals surface area contributed by atoms with Crippen LogP contribution in [0.25, 0.3) is 0 Å². The van der Waals surface area contributed by atoms with Crippen LogP contribution in [0.1, 0.15) is 19.4 Å².